The summed E-state index contributed by atoms with van der Waals surface area (Å²) in [6, 6.07) is 6.78. The molecule has 3 nitrogen and oxygen atoms in total. The number of hydrogen-bond acceptors (Lipinski definition) is 3. The zero-order valence-electron chi connectivity index (χ0n) is 7.11. The number of nitrogens with two attached hydrogens (primary N) is 1. The molecule has 0 unspecified atom stereocenters. The van der Waals surface area contributed by atoms with E-state index in [0.29, 0.717) is 18.7 Å². The van der Waals surface area contributed by atoms with Gasteiger partial charge in [-0.25, -0.2) is 0 Å². The average Bonchev–Trinajstić information content (AvgIpc) is 2.09. The summed E-state index contributed by atoms with van der Waals surface area (Å²) in [6.45, 7) is 1.08. The molecular formula is C9H11MnN2O+2. The van der Waals surface area contributed by atoms with Crippen molar-refractivity contribution in [3.63, 3.8) is 0 Å². The van der Waals surface area contributed by atoms with Gasteiger partial charge in [0.1, 0.15) is 0 Å². The van der Waals surface area contributed by atoms with Crippen molar-refractivity contribution in [3.8, 4) is 5.75 Å². The number of nitrogens with zero attached hydrogens (tertiary/aromatic N) is 1. The molecule has 0 aliphatic carbocycles. The predicted octanol–water partition coefficient (Wildman–Crippen LogP) is 0.135. The van der Waals surface area contributed by atoms with E-state index in [4.69, 9.17) is 5.73 Å². The number of benzene rings is 1. The summed E-state index contributed by atoms with van der Waals surface area (Å²) in [5.74, 6) is -0.00160. The van der Waals surface area contributed by atoms with Gasteiger partial charge in [0, 0.05) is 12.8 Å². The Labute approximate surface area is 88.2 Å². The van der Waals surface area contributed by atoms with E-state index in [9.17, 15) is 5.11 Å². The first kappa shape index (κ1) is 12.2. The second-order valence-corrected chi connectivity index (χ2v) is 2.36. The molecule has 0 radical (unpaired) electrons. The van der Waals surface area contributed by atoms with Crippen LogP contribution in [0, 0.1) is 0 Å². The van der Waals surface area contributed by atoms with Crippen LogP contribution in [-0.4, -0.2) is 19.3 Å². The fourth-order valence-electron chi connectivity index (χ4n) is 0.825. The van der Waals surface area contributed by atoms with Crippen LogP contribution in [-0.2, 0) is 17.1 Å². The molecule has 0 saturated heterocycles. The van der Waals surface area contributed by atoms with Gasteiger partial charge in [-0.1, -0.05) is 24.3 Å². The van der Waals surface area contributed by atoms with Crippen molar-refractivity contribution >= 4 is 6.21 Å². The maximum Gasteiger partial charge on any atom is 3.00 e. The van der Waals surface area contributed by atoms with E-state index in [1.54, 1.807) is 18.3 Å². The van der Waals surface area contributed by atoms with Gasteiger partial charge in [0.15, 0.2) is 0 Å². The summed E-state index contributed by atoms with van der Waals surface area (Å²) in [5.41, 5.74) is 5.86. The van der Waals surface area contributed by atoms with E-state index in [1.807, 2.05) is 6.07 Å². The zero-order valence-corrected chi connectivity index (χ0v) is 8.29. The van der Waals surface area contributed by atoms with E-state index in [0.717, 1.165) is 0 Å². The Morgan fingerprint density at radius 1 is 1.38 bits per heavy atom. The molecule has 1 aromatic carbocycles. The first-order chi connectivity index (χ1) is 5.84. The van der Waals surface area contributed by atoms with Crippen molar-refractivity contribution < 1.29 is 22.2 Å². The zero-order chi connectivity index (χ0) is 8.81. The van der Waals surface area contributed by atoms with Crippen molar-refractivity contribution in [1.29, 1.82) is 0 Å². The van der Waals surface area contributed by atoms with E-state index in [-0.39, 0.29) is 22.8 Å². The van der Waals surface area contributed by atoms with Crippen LogP contribution in [0.2, 0.25) is 0 Å². The third kappa shape index (κ3) is 4.08. The van der Waals surface area contributed by atoms with Crippen molar-refractivity contribution in [2.24, 2.45) is 10.7 Å². The molecule has 0 fully saturated rings. The molecule has 1 aromatic rings. The van der Waals surface area contributed by atoms with E-state index in [1.165, 1.54) is 6.07 Å². The number of rotatable bonds is 3. The van der Waals surface area contributed by atoms with Gasteiger partial charge in [0.25, 0.3) is 0 Å². The van der Waals surface area contributed by atoms with Crippen LogP contribution in [0.4, 0.5) is 0 Å². The van der Waals surface area contributed by atoms with Crippen LogP contribution in [0.15, 0.2) is 29.3 Å². The topological polar surface area (TPSA) is 61.4 Å². The van der Waals surface area contributed by atoms with Crippen LogP contribution >= 0.6 is 0 Å². The van der Waals surface area contributed by atoms with Crippen LogP contribution in [0.1, 0.15) is 5.56 Å². The summed E-state index contributed by atoms with van der Waals surface area (Å²) in [4.78, 5) is 3.97. The maximum absolute atomic E-state index is 11.1. The smallest absolute Gasteiger partial charge is 0.872 e. The minimum absolute atomic E-state index is 0. The third-order valence-corrected chi connectivity index (χ3v) is 1.41. The Bertz CT molecular complexity index is 276. The number of hydrogen-bond donors (Lipinski definition) is 1. The Balaban J connectivity index is 0.00000144. The third-order valence-electron chi connectivity index (χ3n) is 1.41. The Kier molecular flexibility index (Phi) is 6.23. The molecule has 0 spiro atoms. The number of aliphatic imine (C=N–C) groups is 1. The van der Waals surface area contributed by atoms with E-state index >= 15 is 0 Å². The van der Waals surface area contributed by atoms with E-state index < -0.39 is 0 Å². The van der Waals surface area contributed by atoms with Gasteiger partial charge < -0.3 is 10.8 Å². The molecule has 0 heterocycles. The summed E-state index contributed by atoms with van der Waals surface area (Å²) in [6.07, 6.45) is 1.56. The molecule has 4 heteroatoms. The minimum Gasteiger partial charge on any atom is -0.872 e. The first-order valence-corrected chi connectivity index (χ1v) is 3.80. The fraction of sp³-hybridized carbons (Fsp3) is 0.222. The monoisotopic (exact) mass is 218 g/mol. The van der Waals surface area contributed by atoms with Crippen LogP contribution in [0.5, 0.6) is 5.75 Å². The maximum atomic E-state index is 11.1. The Hall–Kier alpha value is -0.831. The van der Waals surface area contributed by atoms with Gasteiger partial charge in [-0.2, -0.15) is 0 Å². The molecule has 0 bridgehead atoms. The minimum atomic E-state index is -0.00160. The molecule has 68 valence electrons. The second kappa shape index (κ2) is 6.66. The summed E-state index contributed by atoms with van der Waals surface area (Å²) < 4.78 is 0. The molecule has 2 N–H and O–H groups in total. The van der Waals surface area contributed by atoms with Crippen LogP contribution < -0.4 is 10.8 Å². The number of para-hydroxylation sites is 1. The molecular weight excluding hydrogens is 207 g/mol. The molecule has 0 saturated carbocycles. The molecule has 0 aliphatic rings. The fourth-order valence-corrected chi connectivity index (χ4v) is 0.825. The van der Waals surface area contributed by atoms with Crippen LogP contribution in [0.25, 0.3) is 0 Å². The van der Waals surface area contributed by atoms with Gasteiger partial charge in [0.05, 0.1) is 6.54 Å². The summed E-state index contributed by atoms with van der Waals surface area (Å²) >= 11 is 0. The van der Waals surface area contributed by atoms with Gasteiger partial charge >= 0.3 is 17.1 Å². The van der Waals surface area contributed by atoms with Gasteiger partial charge in [-0.3, -0.25) is 4.99 Å². The molecule has 0 amide bonds. The van der Waals surface area contributed by atoms with Crippen molar-refractivity contribution in [1.82, 2.24) is 0 Å². The van der Waals surface area contributed by atoms with Crippen molar-refractivity contribution in [2.45, 2.75) is 0 Å². The van der Waals surface area contributed by atoms with Gasteiger partial charge in [-0.05, 0) is 5.56 Å². The average molecular weight is 218 g/mol. The second-order valence-electron chi connectivity index (χ2n) is 2.36. The Morgan fingerprint density at radius 2 is 2.08 bits per heavy atom. The van der Waals surface area contributed by atoms with E-state index in [2.05, 4.69) is 4.99 Å². The van der Waals surface area contributed by atoms with Crippen molar-refractivity contribution in [3.05, 3.63) is 29.8 Å². The van der Waals surface area contributed by atoms with Gasteiger partial charge in [-0.15, -0.1) is 5.75 Å². The summed E-state index contributed by atoms with van der Waals surface area (Å²) in [7, 11) is 0. The molecule has 0 atom stereocenters. The standard InChI is InChI=1S/C9H12N2O.Mn/c10-5-6-11-7-8-3-1-2-4-9(8)12;/h1-4,7,12H,5-6,10H2;/q;+3/p-1. The predicted molar refractivity (Wildman–Crippen MR) is 47.4 cm³/mol. The molecule has 0 aliphatic heterocycles. The van der Waals surface area contributed by atoms with Crippen LogP contribution in [0.3, 0.4) is 0 Å². The van der Waals surface area contributed by atoms with Crippen molar-refractivity contribution in [2.75, 3.05) is 13.1 Å². The molecule has 1 rings (SSSR count). The quantitative estimate of drug-likeness (QED) is 0.579. The first-order valence-electron chi connectivity index (χ1n) is 3.80. The largest absolute Gasteiger partial charge is 3.00 e. The van der Waals surface area contributed by atoms with Gasteiger partial charge in [0.2, 0.25) is 0 Å². The molecule has 13 heavy (non-hydrogen) atoms. The Morgan fingerprint density at radius 3 is 2.69 bits per heavy atom. The SMILES string of the molecule is NCCN=Cc1ccccc1[O-].[Mn+3]. The molecule has 0 aromatic heterocycles. The normalized spacial score (nSPS) is 9.92. The summed E-state index contributed by atoms with van der Waals surface area (Å²) in [5, 5.41) is 11.1.